The second kappa shape index (κ2) is 10.9. The standard InChI is InChI=1S/C18H35N3O2/c1-3-19-18(20-10-6-7-11-23-13-12-22-2)21-14-16-8-4-5-9-17(16)15-21/h16-17H,3-15H2,1-2H3,(H,19,20). The van der Waals surface area contributed by atoms with Gasteiger partial charge in [-0.05, 0) is 44.4 Å². The summed E-state index contributed by atoms with van der Waals surface area (Å²) in [4.78, 5) is 7.34. The lowest BCUT2D eigenvalue weighted by atomic mass is 9.82. The molecule has 0 radical (unpaired) electrons. The quantitative estimate of drug-likeness (QED) is 0.402. The molecule has 2 unspecified atom stereocenters. The average Bonchev–Trinajstić information content (AvgIpc) is 3.00. The normalized spacial score (nSPS) is 24.8. The van der Waals surface area contributed by atoms with Crippen LogP contribution in [-0.4, -0.2) is 64.0 Å². The van der Waals surface area contributed by atoms with Crippen LogP contribution in [0, 0.1) is 11.8 Å². The summed E-state index contributed by atoms with van der Waals surface area (Å²) in [7, 11) is 1.70. The summed E-state index contributed by atoms with van der Waals surface area (Å²) in [6, 6.07) is 0. The summed E-state index contributed by atoms with van der Waals surface area (Å²) in [5.74, 6) is 2.94. The SMILES string of the molecule is CCNC(=NCCCCOCCOC)N1CC2CCCCC2C1. The molecule has 1 aliphatic heterocycles. The van der Waals surface area contributed by atoms with Gasteiger partial charge in [0.25, 0.3) is 0 Å². The number of aliphatic imine (C=N–C) groups is 1. The Hall–Kier alpha value is -0.810. The fourth-order valence-electron chi connectivity index (χ4n) is 3.75. The number of fused-ring (bicyclic) bond motifs is 1. The lowest BCUT2D eigenvalue weighted by Gasteiger charge is -2.22. The number of hydrogen-bond donors (Lipinski definition) is 1. The summed E-state index contributed by atoms with van der Waals surface area (Å²) in [5, 5.41) is 3.48. The van der Waals surface area contributed by atoms with Crippen molar-refractivity contribution in [1.82, 2.24) is 10.2 Å². The molecule has 1 heterocycles. The van der Waals surface area contributed by atoms with Gasteiger partial charge in [0.05, 0.1) is 13.2 Å². The third kappa shape index (κ3) is 6.30. The number of methoxy groups -OCH3 is 1. The predicted molar refractivity (Wildman–Crippen MR) is 94.9 cm³/mol. The topological polar surface area (TPSA) is 46.1 Å². The highest BCUT2D eigenvalue weighted by Gasteiger charge is 2.35. The Labute approximate surface area is 141 Å². The third-order valence-electron chi connectivity index (χ3n) is 5.00. The van der Waals surface area contributed by atoms with E-state index in [1.165, 1.54) is 38.8 Å². The first-order valence-corrected chi connectivity index (χ1v) is 9.45. The van der Waals surface area contributed by atoms with Crippen molar-refractivity contribution in [3.8, 4) is 0 Å². The molecule has 1 saturated heterocycles. The number of unbranched alkanes of at least 4 members (excludes halogenated alkanes) is 1. The highest BCUT2D eigenvalue weighted by atomic mass is 16.5. The van der Waals surface area contributed by atoms with Gasteiger partial charge in [-0.15, -0.1) is 0 Å². The molecule has 2 fully saturated rings. The van der Waals surface area contributed by atoms with Gasteiger partial charge in [-0.1, -0.05) is 12.8 Å². The molecule has 5 heteroatoms. The lowest BCUT2D eigenvalue weighted by molar-refractivity contribution is 0.0690. The summed E-state index contributed by atoms with van der Waals surface area (Å²) in [6.45, 7) is 8.59. The maximum absolute atomic E-state index is 5.49. The zero-order valence-electron chi connectivity index (χ0n) is 15.1. The molecule has 2 rings (SSSR count). The second-order valence-corrected chi connectivity index (χ2v) is 6.76. The van der Waals surface area contributed by atoms with Crippen LogP contribution in [0.15, 0.2) is 4.99 Å². The molecule has 0 amide bonds. The average molecular weight is 325 g/mol. The molecule has 134 valence electrons. The van der Waals surface area contributed by atoms with Gasteiger partial charge in [0.1, 0.15) is 0 Å². The van der Waals surface area contributed by atoms with Crippen LogP contribution in [0.2, 0.25) is 0 Å². The van der Waals surface area contributed by atoms with Crippen molar-refractivity contribution >= 4 is 5.96 Å². The van der Waals surface area contributed by atoms with Crippen LogP contribution in [0.3, 0.4) is 0 Å². The number of nitrogens with one attached hydrogen (secondary N) is 1. The van der Waals surface area contributed by atoms with Crippen molar-refractivity contribution in [1.29, 1.82) is 0 Å². The van der Waals surface area contributed by atoms with Gasteiger partial charge in [0.15, 0.2) is 5.96 Å². The number of rotatable bonds is 9. The third-order valence-corrected chi connectivity index (χ3v) is 5.00. The van der Waals surface area contributed by atoms with Crippen LogP contribution < -0.4 is 5.32 Å². The molecule has 2 aliphatic rings. The van der Waals surface area contributed by atoms with E-state index in [2.05, 4.69) is 17.1 Å². The van der Waals surface area contributed by atoms with E-state index >= 15 is 0 Å². The zero-order chi connectivity index (χ0) is 16.3. The molecule has 2 atom stereocenters. The number of nitrogens with zero attached hydrogens (tertiary/aromatic N) is 2. The van der Waals surface area contributed by atoms with E-state index in [4.69, 9.17) is 14.5 Å². The van der Waals surface area contributed by atoms with Gasteiger partial charge in [0, 0.05) is 39.9 Å². The molecule has 0 bridgehead atoms. The largest absolute Gasteiger partial charge is 0.382 e. The first-order valence-electron chi connectivity index (χ1n) is 9.45. The highest BCUT2D eigenvalue weighted by Crippen LogP contribution is 2.35. The van der Waals surface area contributed by atoms with Gasteiger partial charge in [-0.2, -0.15) is 0 Å². The molecule has 1 aliphatic carbocycles. The predicted octanol–water partition coefficient (Wildman–Crippen LogP) is 2.52. The van der Waals surface area contributed by atoms with Gasteiger partial charge < -0.3 is 19.7 Å². The highest BCUT2D eigenvalue weighted by molar-refractivity contribution is 5.80. The Bertz CT molecular complexity index is 335. The Kier molecular flexibility index (Phi) is 8.76. The smallest absolute Gasteiger partial charge is 0.193 e. The van der Waals surface area contributed by atoms with Crippen LogP contribution >= 0.6 is 0 Å². The monoisotopic (exact) mass is 325 g/mol. The van der Waals surface area contributed by atoms with E-state index in [0.29, 0.717) is 13.2 Å². The number of ether oxygens (including phenoxy) is 2. The molecule has 0 aromatic carbocycles. The maximum atomic E-state index is 5.49. The van der Waals surface area contributed by atoms with Crippen LogP contribution in [0.5, 0.6) is 0 Å². The van der Waals surface area contributed by atoms with E-state index < -0.39 is 0 Å². The Morgan fingerprint density at radius 3 is 2.48 bits per heavy atom. The maximum Gasteiger partial charge on any atom is 0.193 e. The van der Waals surface area contributed by atoms with Gasteiger partial charge in [0.2, 0.25) is 0 Å². The molecule has 0 spiro atoms. The van der Waals surface area contributed by atoms with Gasteiger partial charge in [-0.25, -0.2) is 0 Å². The Morgan fingerprint density at radius 2 is 1.83 bits per heavy atom. The number of hydrogen-bond acceptors (Lipinski definition) is 3. The summed E-state index contributed by atoms with van der Waals surface area (Å²) in [6.07, 6.45) is 7.83. The fraction of sp³-hybridized carbons (Fsp3) is 0.944. The van der Waals surface area contributed by atoms with Crippen LogP contribution in [0.4, 0.5) is 0 Å². The van der Waals surface area contributed by atoms with E-state index in [9.17, 15) is 0 Å². The van der Waals surface area contributed by atoms with E-state index in [-0.39, 0.29) is 0 Å². The van der Waals surface area contributed by atoms with E-state index in [1.807, 2.05) is 0 Å². The van der Waals surface area contributed by atoms with Crippen LogP contribution in [0.1, 0.15) is 45.4 Å². The minimum absolute atomic E-state index is 0.681. The van der Waals surface area contributed by atoms with Gasteiger partial charge >= 0.3 is 0 Å². The first-order chi connectivity index (χ1) is 11.3. The number of likely N-dealkylation sites (tertiary alicyclic amines) is 1. The van der Waals surface area contributed by atoms with Gasteiger partial charge in [-0.3, -0.25) is 4.99 Å². The molecule has 5 nitrogen and oxygen atoms in total. The second-order valence-electron chi connectivity index (χ2n) is 6.76. The lowest BCUT2D eigenvalue weighted by Crippen LogP contribution is -2.40. The van der Waals surface area contributed by atoms with E-state index in [0.717, 1.165) is 50.3 Å². The van der Waals surface area contributed by atoms with Crippen LogP contribution in [-0.2, 0) is 9.47 Å². The van der Waals surface area contributed by atoms with E-state index in [1.54, 1.807) is 7.11 Å². The molecular weight excluding hydrogens is 290 g/mol. The molecule has 0 aromatic rings. The summed E-state index contributed by atoms with van der Waals surface area (Å²) >= 11 is 0. The molecule has 0 aromatic heterocycles. The summed E-state index contributed by atoms with van der Waals surface area (Å²) in [5.41, 5.74) is 0. The van der Waals surface area contributed by atoms with Crippen molar-refractivity contribution in [2.75, 3.05) is 53.1 Å². The van der Waals surface area contributed by atoms with Crippen molar-refractivity contribution in [3.05, 3.63) is 0 Å². The zero-order valence-corrected chi connectivity index (χ0v) is 15.1. The van der Waals surface area contributed by atoms with Crippen molar-refractivity contribution in [2.45, 2.75) is 45.4 Å². The molecule has 23 heavy (non-hydrogen) atoms. The van der Waals surface area contributed by atoms with Crippen molar-refractivity contribution in [2.24, 2.45) is 16.8 Å². The number of guanidine groups is 1. The fourth-order valence-corrected chi connectivity index (χ4v) is 3.75. The Balaban J connectivity index is 1.68. The van der Waals surface area contributed by atoms with Crippen molar-refractivity contribution in [3.63, 3.8) is 0 Å². The molecule has 1 N–H and O–H groups in total. The molecular formula is C18H35N3O2. The van der Waals surface area contributed by atoms with Crippen LogP contribution in [0.25, 0.3) is 0 Å². The Morgan fingerprint density at radius 1 is 1.09 bits per heavy atom. The van der Waals surface area contributed by atoms with Crippen molar-refractivity contribution < 1.29 is 9.47 Å². The summed E-state index contributed by atoms with van der Waals surface area (Å²) < 4.78 is 10.5. The molecule has 1 saturated carbocycles. The minimum Gasteiger partial charge on any atom is -0.382 e. The minimum atomic E-state index is 0.681. The first kappa shape index (κ1) is 18.5.